The fourth-order valence-electron chi connectivity index (χ4n) is 2.02. The van der Waals surface area contributed by atoms with Crippen molar-refractivity contribution in [1.82, 2.24) is 9.88 Å². The fraction of sp³-hybridized carbons (Fsp3) is 0.333. The number of carbonyl (C=O) groups is 1. The summed E-state index contributed by atoms with van der Waals surface area (Å²) in [5.41, 5.74) is 2.25. The Bertz CT molecular complexity index is 615. The van der Waals surface area contributed by atoms with Gasteiger partial charge in [-0.3, -0.25) is 4.79 Å². The van der Waals surface area contributed by atoms with Crippen LogP contribution < -0.4 is 5.32 Å². The lowest BCUT2D eigenvalue weighted by Crippen LogP contribution is -2.29. The zero-order chi connectivity index (χ0) is 14.5. The summed E-state index contributed by atoms with van der Waals surface area (Å²) in [6.07, 6.45) is 2.03. The molecule has 0 saturated carbocycles. The number of nitrogens with one attached hydrogen (secondary N) is 1. The van der Waals surface area contributed by atoms with Gasteiger partial charge < -0.3 is 10.2 Å². The highest BCUT2D eigenvalue weighted by Gasteiger charge is 2.15. The van der Waals surface area contributed by atoms with E-state index in [4.69, 9.17) is 0 Å². The van der Waals surface area contributed by atoms with Gasteiger partial charge in [0.15, 0.2) is 0 Å². The number of nitrogens with zero attached hydrogens (tertiary/aromatic N) is 2. The number of thioether (sulfide) groups is 1. The van der Waals surface area contributed by atoms with Crippen molar-refractivity contribution in [3.05, 3.63) is 36.0 Å². The molecule has 5 heteroatoms. The van der Waals surface area contributed by atoms with E-state index in [0.717, 1.165) is 28.9 Å². The smallest absolute Gasteiger partial charge is 0.272 e. The van der Waals surface area contributed by atoms with Crippen molar-refractivity contribution in [1.29, 1.82) is 0 Å². The summed E-state index contributed by atoms with van der Waals surface area (Å²) in [4.78, 5) is 18.6. The van der Waals surface area contributed by atoms with E-state index in [2.05, 4.69) is 10.3 Å². The second-order valence-electron chi connectivity index (χ2n) is 4.54. The predicted octanol–water partition coefficient (Wildman–Crippen LogP) is 2.71. The van der Waals surface area contributed by atoms with E-state index in [0.29, 0.717) is 5.69 Å². The molecular formula is C15H19N3OS. The van der Waals surface area contributed by atoms with Crippen LogP contribution in [0.2, 0.25) is 0 Å². The molecule has 2 aromatic rings. The van der Waals surface area contributed by atoms with Crippen molar-refractivity contribution in [2.24, 2.45) is 0 Å². The van der Waals surface area contributed by atoms with Gasteiger partial charge in [0.1, 0.15) is 5.69 Å². The van der Waals surface area contributed by atoms with Gasteiger partial charge in [0.05, 0.1) is 5.52 Å². The number of carbonyl (C=O) groups excluding carboxylic acids is 1. The highest BCUT2D eigenvalue weighted by Crippen LogP contribution is 2.23. The summed E-state index contributed by atoms with van der Waals surface area (Å²) in [6, 6.07) is 9.65. The van der Waals surface area contributed by atoms with E-state index >= 15 is 0 Å². The predicted molar refractivity (Wildman–Crippen MR) is 86.6 cm³/mol. The highest BCUT2D eigenvalue weighted by atomic mass is 32.2. The second-order valence-corrected chi connectivity index (χ2v) is 5.53. The molecule has 0 bridgehead atoms. The molecule has 4 nitrogen and oxygen atoms in total. The topological polar surface area (TPSA) is 45.2 Å². The van der Waals surface area contributed by atoms with Crippen LogP contribution in [0.5, 0.6) is 0 Å². The number of amides is 1. The SMILES string of the molecule is CNc1cc(C(=O)N(C)CCSC)nc2ccccc12. The number of para-hydroxylation sites is 1. The van der Waals surface area contributed by atoms with Gasteiger partial charge in [0.2, 0.25) is 0 Å². The molecule has 0 aliphatic carbocycles. The van der Waals surface area contributed by atoms with Crippen molar-refractivity contribution in [2.75, 3.05) is 38.0 Å². The summed E-state index contributed by atoms with van der Waals surface area (Å²) in [5.74, 6) is 0.885. The molecule has 106 valence electrons. The van der Waals surface area contributed by atoms with Gasteiger partial charge in [0.25, 0.3) is 5.91 Å². The standard InChI is InChI=1S/C15H19N3OS/c1-16-13-10-14(15(19)18(2)8-9-20-3)17-12-7-5-4-6-11(12)13/h4-7,10H,8-9H2,1-3H3,(H,16,17). The molecule has 0 atom stereocenters. The molecule has 0 fully saturated rings. The van der Waals surface area contributed by atoms with Crippen LogP contribution in [0.1, 0.15) is 10.5 Å². The number of rotatable bonds is 5. The number of pyridine rings is 1. The summed E-state index contributed by atoms with van der Waals surface area (Å²) >= 11 is 1.73. The lowest BCUT2D eigenvalue weighted by molar-refractivity contribution is 0.0798. The minimum atomic E-state index is -0.0405. The molecule has 1 aromatic heterocycles. The van der Waals surface area contributed by atoms with E-state index in [-0.39, 0.29) is 5.91 Å². The van der Waals surface area contributed by atoms with Crippen LogP contribution >= 0.6 is 11.8 Å². The molecular weight excluding hydrogens is 270 g/mol. The maximum Gasteiger partial charge on any atom is 0.272 e. The minimum absolute atomic E-state index is 0.0405. The zero-order valence-electron chi connectivity index (χ0n) is 12.0. The summed E-state index contributed by atoms with van der Waals surface area (Å²) < 4.78 is 0. The number of hydrogen-bond donors (Lipinski definition) is 1. The largest absolute Gasteiger partial charge is 0.388 e. The molecule has 20 heavy (non-hydrogen) atoms. The molecule has 2 rings (SSSR count). The van der Waals surface area contributed by atoms with E-state index in [9.17, 15) is 4.79 Å². The van der Waals surface area contributed by atoms with Crippen LogP contribution in [0.15, 0.2) is 30.3 Å². The lowest BCUT2D eigenvalue weighted by Gasteiger charge is -2.17. The Balaban J connectivity index is 2.37. The number of benzene rings is 1. The third-order valence-corrected chi connectivity index (χ3v) is 3.77. The van der Waals surface area contributed by atoms with Gasteiger partial charge in [-0.1, -0.05) is 18.2 Å². The lowest BCUT2D eigenvalue weighted by atomic mass is 10.1. The fourth-order valence-corrected chi connectivity index (χ4v) is 2.47. The van der Waals surface area contributed by atoms with Gasteiger partial charge in [-0.25, -0.2) is 4.98 Å². The maximum absolute atomic E-state index is 12.4. The van der Waals surface area contributed by atoms with Gasteiger partial charge in [0, 0.05) is 37.5 Å². The Morgan fingerprint density at radius 2 is 2.15 bits per heavy atom. The van der Waals surface area contributed by atoms with E-state index in [1.165, 1.54) is 0 Å². The molecule has 0 aliphatic rings. The Labute approximate surface area is 123 Å². The molecule has 0 saturated heterocycles. The van der Waals surface area contributed by atoms with Crippen LogP contribution in [0.3, 0.4) is 0 Å². The van der Waals surface area contributed by atoms with Crippen LogP contribution in [0.4, 0.5) is 5.69 Å². The molecule has 1 N–H and O–H groups in total. The average Bonchev–Trinajstić information content (AvgIpc) is 2.50. The van der Waals surface area contributed by atoms with Crippen LogP contribution in [-0.2, 0) is 0 Å². The van der Waals surface area contributed by atoms with Crippen LogP contribution in [-0.4, -0.2) is 48.4 Å². The molecule has 1 amide bonds. The van der Waals surface area contributed by atoms with E-state index in [1.54, 1.807) is 16.7 Å². The van der Waals surface area contributed by atoms with Crippen molar-refractivity contribution in [2.45, 2.75) is 0 Å². The summed E-state index contributed by atoms with van der Waals surface area (Å²) in [6.45, 7) is 0.726. The Morgan fingerprint density at radius 1 is 1.40 bits per heavy atom. The first-order valence-corrected chi connectivity index (χ1v) is 7.88. The van der Waals surface area contributed by atoms with E-state index < -0.39 is 0 Å². The molecule has 0 unspecified atom stereocenters. The number of hydrogen-bond acceptors (Lipinski definition) is 4. The van der Waals surface area contributed by atoms with Gasteiger partial charge in [-0.15, -0.1) is 0 Å². The number of anilines is 1. The molecule has 0 spiro atoms. The van der Waals surface area contributed by atoms with Crippen molar-refractivity contribution in [3.63, 3.8) is 0 Å². The third-order valence-electron chi connectivity index (χ3n) is 3.18. The van der Waals surface area contributed by atoms with Crippen molar-refractivity contribution >= 4 is 34.3 Å². The van der Waals surface area contributed by atoms with Crippen molar-refractivity contribution in [3.8, 4) is 0 Å². The Hall–Kier alpha value is -1.75. The van der Waals surface area contributed by atoms with Crippen LogP contribution in [0, 0.1) is 0 Å². The Morgan fingerprint density at radius 3 is 2.85 bits per heavy atom. The number of aromatic nitrogens is 1. The molecule has 1 aromatic carbocycles. The molecule has 0 aliphatic heterocycles. The van der Waals surface area contributed by atoms with Crippen molar-refractivity contribution < 1.29 is 4.79 Å². The summed E-state index contributed by atoms with van der Waals surface area (Å²) in [5, 5.41) is 4.16. The normalized spacial score (nSPS) is 10.6. The maximum atomic E-state index is 12.4. The van der Waals surface area contributed by atoms with Gasteiger partial charge in [-0.05, 0) is 18.4 Å². The third kappa shape index (κ3) is 3.04. The molecule has 1 heterocycles. The minimum Gasteiger partial charge on any atom is -0.388 e. The number of fused-ring (bicyclic) bond motifs is 1. The average molecular weight is 289 g/mol. The first-order valence-electron chi connectivity index (χ1n) is 6.49. The van der Waals surface area contributed by atoms with E-state index in [1.807, 2.05) is 50.7 Å². The highest BCUT2D eigenvalue weighted by molar-refractivity contribution is 7.98. The van der Waals surface area contributed by atoms with Crippen LogP contribution in [0.25, 0.3) is 10.9 Å². The quantitative estimate of drug-likeness (QED) is 0.919. The van der Waals surface area contributed by atoms with Gasteiger partial charge >= 0.3 is 0 Å². The second kappa shape index (κ2) is 6.61. The monoisotopic (exact) mass is 289 g/mol. The zero-order valence-corrected chi connectivity index (χ0v) is 12.8. The van der Waals surface area contributed by atoms with Gasteiger partial charge in [-0.2, -0.15) is 11.8 Å². The summed E-state index contributed by atoms with van der Waals surface area (Å²) in [7, 11) is 3.67. The Kier molecular flexibility index (Phi) is 4.84. The molecule has 0 radical (unpaired) electrons. The first kappa shape index (κ1) is 14.7. The first-order chi connectivity index (χ1) is 9.67.